The van der Waals surface area contributed by atoms with Crippen molar-refractivity contribution >= 4 is 18.7 Å². The van der Waals surface area contributed by atoms with Crippen molar-refractivity contribution in [3.8, 4) is 0 Å². The van der Waals surface area contributed by atoms with Crippen LogP contribution < -0.4 is 10.4 Å². The smallest absolute Gasteiger partial charge is 0.261 e. The van der Waals surface area contributed by atoms with Gasteiger partial charge >= 0.3 is 0 Å². The molecular weight excluding hydrogens is 340 g/mol. The summed E-state index contributed by atoms with van der Waals surface area (Å²) in [7, 11) is -2.58. The van der Waals surface area contributed by atoms with Gasteiger partial charge in [-0.1, -0.05) is 81.4 Å². The Kier molecular flexibility index (Phi) is 5.98. The van der Waals surface area contributed by atoms with Gasteiger partial charge in [-0.3, -0.25) is 0 Å². The van der Waals surface area contributed by atoms with Crippen LogP contribution in [0.1, 0.15) is 33.6 Å². The zero-order chi connectivity index (χ0) is 18.6. The van der Waals surface area contributed by atoms with Gasteiger partial charge in [-0.25, -0.2) is 0 Å². The molecule has 0 saturated carbocycles. The summed E-state index contributed by atoms with van der Waals surface area (Å²) in [5.74, 6) is 0. The predicted molar refractivity (Wildman–Crippen MR) is 109 cm³/mol. The Bertz CT molecular complexity index is 636. The second-order valence-electron chi connectivity index (χ2n) is 8.09. The minimum atomic E-state index is -2.58. The molecule has 2 aromatic rings. The zero-order valence-electron chi connectivity index (χ0n) is 16.0. The molecule has 3 rings (SSSR count). The highest BCUT2D eigenvalue weighted by Crippen LogP contribution is 2.37. The van der Waals surface area contributed by atoms with E-state index in [1.165, 1.54) is 10.4 Å². The molecule has 2 atom stereocenters. The number of aliphatic hydroxyl groups is 1. The van der Waals surface area contributed by atoms with Crippen molar-refractivity contribution in [2.24, 2.45) is 0 Å². The average molecular weight is 371 g/mol. The summed E-state index contributed by atoms with van der Waals surface area (Å²) in [6, 6.07) is 21.1. The van der Waals surface area contributed by atoms with Gasteiger partial charge in [-0.05, 0) is 28.3 Å². The van der Waals surface area contributed by atoms with Gasteiger partial charge in [0.05, 0.1) is 12.7 Å². The summed E-state index contributed by atoms with van der Waals surface area (Å²) >= 11 is 0. The van der Waals surface area contributed by atoms with E-state index in [1.54, 1.807) is 0 Å². The average Bonchev–Trinajstić information content (AvgIpc) is 3.17. The van der Waals surface area contributed by atoms with E-state index in [-0.39, 0.29) is 11.1 Å². The van der Waals surface area contributed by atoms with E-state index in [0.717, 1.165) is 19.4 Å². The molecule has 1 heterocycles. The minimum absolute atomic E-state index is 0.0774. The molecule has 4 heteroatoms. The second kappa shape index (κ2) is 8.05. The molecule has 1 saturated heterocycles. The van der Waals surface area contributed by atoms with Crippen molar-refractivity contribution < 1.29 is 14.3 Å². The Morgan fingerprint density at radius 3 is 2.00 bits per heavy atom. The molecular formula is C22H30O3Si. The molecule has 1 aliphatic rings. The maximum absolute atomic E-state index is 10.6. The SMILES string of the molecule is CC(C)(C)[Si](OC[C@@H](O)[C@@H]1CCCO1)(c1ccccc1)c1ccccc1. The van der Waals surface area contributed by atoms with Gasteiger partial charge in [0.25, 0.3) is 8.32 Å². The maximum atomic E-state index is 10.6. The molecule has 26 heavy (non-hydrogen) atoms. The van der Waals surface area contributed by atoms with E-state index >= 15 is 0 Å². The molecule has 0 spiro atoms. The Balaban J connectivity index is 2.00. The summed E-state index contributed by atoms with van der Waals surface area (Å²) in [5, 5.41) is 13.0. The van der Waals surface area contributed by atoms with Gasteiger partial charge in [-0.2, -0.15) is 0 Å². The molecule has 0 radical (unpaired) electrons. The van der Waals surface area contributed by atoms with E-state index in [2.05, 4.69) is 69.3 Å². The molecule has 0 aromatic heterocycles. The van der Waals surface area contributed by atoms with Gasteiger partial charge in [0.15, 0.2) is 0 Å². The first-order valence-electron chi connectivity index (χ1n) is 9.50. The molecule has 0 amide bonds. The lowest BCUT2D eigenvalue weighted by molar-refractivity contribution is -0.0248. The van der Waals surface area contributed by atoms with Crippen molar-refractivity contribution in [2.75, 3.05) is 13.2 Å². The van der Waals surface area contributed by atoms with Gasteiger partial charge in [-0.15, -0.1) is 0 Å². The van der Waals surface area contributed by atoms with E-state index in [1.807, 2.05) is 12.1 Å². The molecule has 1 N–H and O–H groups in total. The predicted octanol–water partition coefficient (Wildman–Crippen LogP) is 3.10. The number of rotatable bonds is 6. The third-order valence-electron chi connectivity index (χ3n) is 5.28. The highest BCUT2D eigenvalue weighted by Gasteiger charge is 2.50. The summed E-state index contributed by atoms with van der Waals surface area (Å²) in [5.41, 5.74) is 0. The Labute approximate surface area is 158 Å². The quantitative estimate of drug-likeness (QED) is 0.794. The van der Waals surface area contributed by atoms with Crippen LogP contribution in [0.15, 0.2) is 60.7 Å². The molecule has 0 bridgehead atoms. The highest BCUT2D eigenvalue weighted by molar-refractivity contribution is 6.99. The fraction of sp³-hybridized carbons (Fsp3) is 0.455. The molecule has 140 valence electrons. The highest BCUT2D eigenvalue weighted by atomic mass is 28.4. The lowest BCUT2D eigenvalue weighted by Crippen LogP contribution is -2.67. The number of hydrogen-bond donors (Lipinski definition) is 1. The standard InChI is InChI=1S/C22H30O3Si/c1-22(2,3)26(18-11-6-4-7-12-18,19-13-8-5-9-14-19)25-17-20(23)21-15-10-16-24-21/h4-9,11-14,20-21,23H,10,15-17H2,1-3H3/t20-,21+/m1/s1. The Hall–Kier alpha value is -1.46. The first kappa shape index (κ1) is 19.3. The van der Waals surface area contributed by atoms with Crippen LogP contribution in [-0.2, 0) is 9.16 Å². The lowest BCUT2D eigenvalue weighted by Gasteiger charge is -2.43. The fourth-order valence-corrected chi connectivity index (χ4v) is 8.56. The summed E-state index contributed by atoms with van der Waals surface area (Å²) < 4.78 is 12.4. The normalized spacial score (nSPS) is 19.5. The van der Waals surface area contributed by atoms with Crippen LogP contribution >= 0.6 is 0 Å². The molecule has 0 unspecified atom stereocenters. The van der Waals surface area contributed by atoms with Gasteiger partial charge in [0.1, 0.15) is 6.10 Å². The van der Waals surface area contributed by atoms with Crippen molar-refractivity contribution in [1.29, 1.82) is 0 Å². The number of benzene rings is 2. The third kappa shape index (κ3) is 3.79. The topological polar surface area (TPSA) is 38.7 Å². The van der Waals surface area contributed by atoms with Crippen LogP contribution in [0.5, 0.6) is 0 Å². The van der Waals surface area contributed by atoms with Gasteiger partial charge in [0.2, 0.25) is 0 Å². The van der Waals surface area contributed by atoms with E-state index < -0.39 is 14.4 Å². The number of aliphatic hydroxyl groups excluding tert-OH is 1. The van der Waals surface area contributed by atoms with E-state index in [0.29, 0.717) is 6.61 Å². The number of hydrogen-bond acceptors (Lipinski definition) is 3. The maximum Gasteiger partial charge on any atom is 0.261 e. The molecule has 1 fully saturated rings. The first-order chi connectivity index (χ1) is 12.4. The van der Waals surface area contributed by atoms with Crippen LogP contribution in [0.25, 0.3) is 0 Å². The second-order valence-corrected chi connectivity index (χ2v) is 12.4. The van der Waals surface area contributed by atoms with Crippen LogP contribution in [-0.4, -0.2) is 38.8 Å². The molecule has 2 aromatic carbocycles. The van der Waals surface area contributed by atoms with Crippen molar-refractivity contribution in [3.05, 3.63) is 60.7 Å². The molecule has 0 aliphatic carbocycles. The Morgan fingerprint density at radius 1 is 1.04 bits per heavy atom. The van der Waals surface area contributed by atoms with Gasteiger partial charge in [0, 0.05) is 6.61 Å². The summed E-state index contributed by atoms with van der Waals surface area (Å²) in [4.78, 5) is 0. The van der Waals surface area contributed by atoms with Crippen molar-refractivity contribution in [3.63, 3.8) is 0 Å². The zero-order valence-corrected chi connectivity index (χ0v) is 17.0. The first-order valence-corrected chi connectivity index (χ1v) is 11.4. The molecule has 1 aliphatic heterocycles. The van der Waals surface area contributed by atoms with Gasteiger partial charge < -0.3 is 14.3 Å². The van der Waals surface area contributed by atoms with Crippen LogP contribution in [0.4, 0.5) is 0 Å². The van der Waals surface area contributed by atoms with E-state index in [9.17, 15) is 5.11 Å². The van der Waals surface area contributed by atoms with Crippen LogP contribution in [0, 0.1) is 0 Å². The van der Waals surface area contributed by atoms with Crippen LogP contribution in [0.2, 0.25) is 5.04 Å². The largest absolute Gasteiger partial charge is 0.405 e. The lowest BCUT2D eigenvalue weighted by atomic mass is 10.1. The summed E-state index contributed by atoms with van der Waals surface area (Å²) in [6.07, 6.45) is 1.24. The minimum Gasteiger partial charge on any atom is -0.405 e. The van der Waals surface area contributed by atoms with Crippen molar-refractivity contribution in [1.82, 2.24) is 0 Å². The number of ether oxygens (including phenoxy) is 1. The Morgan fingerprint density at radius 2 is 1.58 bits per heavy atom. The monoisotopic (exact) mass is 370 g/mol. The van der Waals surface area contributed by atoms with Crippen molar-refractivity contribution in [2.45, 2.75) is 50.9 Å². The fourth-order valence-electron chi connectivity index (χ4n) is 3.99. The van der Waals surface area contributed by atoms with Crippen LogP contribution in [0.3, 0.4) is 0 Å². The summed E-state index contributed by atoms with van der Waals surface area (Å²) in [6.45, 7) is 7.78. The van der Waals surface area contributed by atoms with E-state index in [4.69, 9.17) is 9.16 Å². The molecule has 3 nitrogen and oxygen atoms in total. The third-order valence-corrected chi connectivity index (χ3v) is 10.3.